The Hall–Kier alpha value is -3.15. The maximum absolute atomic E-state index is 12.9. The molecule has 0 bridgehead atoms. The molecular weight excluding hydrogens is 925 g/mol. The minimum absolute atomic E-state index is 0.0827. The molecule has 0 saturated heterocycles. The van der Waals surface area contributed by atoms with E-state index in [1.54, 1.807) is 0 Å². The zero-order valence-corrected chi connectivity index (χ0v) is 49.8. The fourth-order valence-corrected chi connectivity index (χ4v) is 9.31. The SMILES string of the molecule is CC/C=C\C/C=C\C/C=C\CCCCCCCC(=O)OCC(COC(=O)CCCCCCCCCCCCCCC/C=C\CCCCCCCCCC)OC(=O)CCCCCCCCC/C=C\C/C=C\CCCCC. The number of esters is 3. The van der Waals surface area contributed by atoms with Crippen molar-refractivity contribution < 1.29 is 28.6 Å². The van der Waals surface area contributed by atoms with Crippen molar-refractivity contribution in [3.63, 3.8) is 0 Å². The van der Waals surface area contributed by atoms with Crippen molar-refractivity contribution in [1.82, 2.24) is 0 Å². The highest BCUT2D eigenvalue weighted by Crippen LogP contribution is 2.17. The van der Waals surface area contributed by atoms with Crippen molar-refractivity contribution in [3.05, 3.63) is 72.9 Å². The van der Waals surface area contributed by atoms with E-state index in [2.05, 4.69) is 93.7 Å². The average Bonchev–Trinajstić information content (AvgIpc) is 3.41. The van der Waals surface area contributed by atoms with Gasteiger partial charge in [-0.25, -0.2) is 0 Å². The summed E-state index contributed by atoms with van der Waals surface area (Å²) < 4.78 is 16.9. The monoisotopic (exact) mass is 1050 g/mol. The van der Waals surface area contributed by atoms with E-state index in [1.807, 2.05) is 0 Å². The van der Waals surface area contributed by atoms with E-state index in [4.69, 9.17) is 14.2 Å². The Morgan fingerprint density at radius 3 is 0.853 bits per heavy atom. The van der Waals surface area contributed by atoms with Gasteiger partial charge in [0.05, 0.1) is 0 Å². The van der Waals surface area contributed by atoms with Crippen molar-refractivity contribution >= 4 is 17.9 Å². The summed E-state index contributed by atoms with van der Waals surface area (Å²) in [6.07, 6.45) is 82.0. The molecule has 0 radical (unpaired) electrons. The van der Waals surface area contributed by atoms with Crippen LogP contribution in [-0.2, 0) is 28.6 Å². The highest BCUT2D eigenvalue weighted by atomic mass is 16.6. The number of unbranched alkanes of at least 4 members (excludes halogenated alkanes) is 36. The highest BCUT2D eigenvalue weighted by molar-refractivity contribution is 5.71. The molecule has 0 fully saturated rings. The third-order valence-corrected chi connectivity index (χ3v) is 14.2. The maximum atomic E-state index is 12.9. The highest BCUT2D eigenvalue weighted by Gasteiger charge is 2.19. The van der Waals surface area contributed by atoms with Gasteiger partial charge in [0.1, 0.15) is 13.2 Å². The zero-order chi connectivity index (χ0) is 54.3. The number of carbonyl (C=O) groups is 3. The molecule has 0 N–H and O–H groups in total. The lowest BCUT2D eigenvalue weighted by atomic mass is 10.0. The van der Waals surface area contributed by atoms with Gasteiger partial charge in [-0.15, -0.1) is 0 Å². The molecule has 75 heavy (non-hydrogen) atoms. The fourth-order valence-electron chi connectivity index (χ4n) is 9.31. The van der Waals surface area contributed by atoms with Gasteiger partial charge in [0, 0.05) is 19.3 Å². The van der Waals surface area contributed by atoms with Crippen LogP contribution in [-0.4, -0.2) is 37.2 Å². The first-order valence-electron chi connectivity index (χ1n) is 32.4. The van der Waals surface area contributed by atoms with Crippen LogP contribution in [0.5, 0.6) is 0 Å². The van der Waals surface area contributed by atoms with E-state index in [-0.39, 0.29) is 31.1 Å². The van der Waals surface area contributed by atoms with Gasteiger partial charge in [0.25, 0.3) is 0 Å². The van der Waals surface area contributed by atoms with Gasteiger partial charge in [0.15, 0.2) is 6.10 Å². The normalized spacial score (nSPS) is 12.5. The molecule has 0 amide bonds. The van der Waals surface area contributed by atoms with Crippen molar-refractivity contribution in [2.75, 3.05) is 13.2 Å². The van der Waals surface area contributed by atoms with Crippen LogP contribution in [0.4, 0.5) is 0 Å². The Labute approximate surface area is 465 Å². The molecule has 1 unspecified atom stereocenters. The van der Waals surface area contributed by atoms with Crippen LogP contribution >= 0.6 is 0 Å². The van der Waals surface area contributed by atoms with Crippen LogP contribution in [0.15, 0.2) is 72.9 Å². The van der Waals surface area contributed by atoms with Gasteiger partial charge in [-0.2, -0.15) is 0 Å². The van der Waals surface area contributed by atoms with Crippen LogP contribution in [0.2, 0.25) is 0 Å². The van der Waals surface area contributed by atoms with Crippen LogP contribution < -0.4 is 0 Å². The van der Waals surface area contributed by atoms with Crippen LogP contribution in [0.3, 0.4) is 0 Å². The molecule has 0 aromatic carbocycles. The second-order valence-electron chi connectivity index (χ2n) is 21.6. The topological polar surface area (TPSA) is 78.9 Å². The first kappa shape index (κ1) is 71.8. The fraction of sp³-hybridized carbons (Fsp3) is 0.783. The number of ether oxygens (including phenoxy) is 3. The summed E-state index contributed by atoms with van der Waals surface area (Å²) in [7, 11) is 0. The zero-order valence-electron chi connectivity index (χ0n) is 49.8. The van der Waals surface area contributed by atoms with Gasteiger partial charge >= 0.3 is 17.9 Å². The number of allylic oxidation sites excluding steroid dienone is 12. The summed E-state index contributed by atoms with van der Waals surface area (Å²) >= 11 is 0. The van der Waals surface area contributed by atoms with Crippen LogP contribution in [0.25, 0.3) is 0 Å². The summed E-state index contributed by atoms with van der Waals surface area (Å²) in [5, 5.41) is 0. The maximum Gasteiger partial charge on any atom is 0.306 e. The molecule has 6 nitrogen and oxygen atoms in total. The molecule has 434 valence electrons. The Morgan fingerprint density at radius 2 is 0.520 bits per heavy atom. The van der Waals surface area contributed by atoms with E-state index < -0.39 is 6.10 Å². The molecule has 0 rings (SSSR count). The van der Waals surface area contributed by atoms with E-state index >= 15 is 0 Å². The number of hydrogen-bond acceptors (Lipinski definition) is 6. The largest absolute Gasteiger partial charge is 0.462 e. The number of rotatable bonds is 59. The molecule has 0 heterocycles. The minimum Gasteiger partial charge on any atom is -0.462 e. The summed E-state index contributed by atoms with van der Waals surface area (Å²) in [6, 6.07) is 0. The Bertz CT molecular complexity index is 1390. The standard InChI is InChI=1S/C69H122O6/c1-4-7-10-13-16-19-22-25-28-30-31-32-33-34-35-36-37-39-41-44-47-50-53-56-59-62-68(71)74-65-66(64-73-67(70)61-58-55-52-49-46-43-40-27-24-21-18-15-12-9-6-3)75-69(72)63-60-57-54-51-48-45-42-38-29-26-23-20-17-14-11-8-5-2/h9,12,17-18,20-21,26-27,29-31,40,66H,4-8,10-11,13-16,19,22-25,28,32-39,41-65H2,1-3H3/b12-9-,20-17-,21-18-,29-26-,31-30-,40-27-. The molecule has 6 heteroatoms. The number of carbonyl (C=O) groups excluding carboxylic acids is 3. The minimum atomic E-state index is -0.788. The number of hydrogen-bond donors (Lipinski definition) is 0. The second kappa shape index (κ2) is 63.4. The van der Waals surface area contributed by atoms with Crippen molar-refractivity contribution in [2.45, 2.75) is 335 Å². The van der Waals surface area contributed by atoms with Crippen molar-refractivity contribution in [1.29, 1.82) is 0 Å². The lowest BCUT2D eigenvalue weighted by Crippen LogP contribution is -2.30. The predicted molar refractivity (Wildman–Crippen MR) is 325 cm³/mol. The molecule has 0 aliphatic heterocycles. The van der Waals surface area contributed by atoms with Gasteiger partial charge in [0.2, 0.25) is 0 Å². The van der Waals surface area contributed by atoms with E-state index in [0.29, 0.717) is 19.3 Å². The first-order chi connectivity index (χ1) is 37.0. The third kappa shape index (κ3) is 61.6. The quantitative estimate of drug-likeness (QED) is 0.0261. The summed E-state index contributed by atoms with van der Waals surface area (Å²) in [6.45, 7) is 6.52. The van der Waals surface area contributed by atoms with Gasteiger partial charge < -0.3 is 14.2 Å². The van der Waals surface area contributed by atoms with E-state index in [1.165, 1.54) is 180 Å². The second-order valence-corrected chi connectivity index (χ2v) is 21.6. The average molecular weight is 1050 g/mol. The summed E-state index contributed by atoms with van der Waals surface area (Å²) in [5.41, 5.74) is 0. The molecule has 0 aliphatic carbocycles. The molecule has 1 atom stereocenters. The molecular formula is C69H122O6. The lowest BCUT2D eigenvalue weighted by Gasteiger charge is -2.18. The third-order valence-electron chi connectivity index (χ3n) is 14.2. The van der Waals surface area contributed by atoms with Crippen molar-refractivity contribution in [2.24, 2.45) is 0 Å². The predicted octanol–water partition coefficient (Wildman–Crippen LogP) is 22.1. The van der Waals surface area contributed by atoms with E-state index in [9.17, 15) is 14.4 Å². The van der Waals surface area contributed by atoms with Crippen molar-refractivity contribution in [3.8, 4) is 0 Å². The Kier molecular flexibility index (Phi) is 60.7. The lowest BCUT2D eigenvalue weighted by molar-refractivity contribution is -0.167. The summed E-state index contributed by atoms with van der Waals surface area (Å²) in [4.78, 5) is 38.3. The van der Waals surface area contributed by atoms with Crippen LogP contribution in [0.1, 0.15) is 329 Å². The summed E-state index contributed by atoms with van der Waals surface area (Å²) in [5.74, 6) is -0.894. The first-order valence-corrected chi connectivity index (χ1v) is 32.4. The van der Waals surface area contributed by atoms with Crippen LogP contribution in [0, 0.1) is 0 Å². The van der Waals surface area contributed by atoms with E-state index in [0.717, 1.165) is 109 Å². The Balaban J connectivity index is 4.31. The Morgan fingerprint density at radius 1 is 0.280 bits per heavy atom. The van der Waals surface area contributed by atoms with Gasteiger partial charge in [-0.1, -0.05) is 273 Å². The smallest absolute Gasteiger partial charge is 0.306 e. The van der Waals surface area contributed by atoms with Gasteiger partial charge in [-0.05, 0) is 109 Å². The van der Waals surface area contributed by atoms with Gasteiger partial charge in [-0.3, -0.25) is 14.4 Å². The molecule has 0 saturated carbocycles. The molecule has 0 aliphatic rings. The molecule has 0 aromatic heterocycles. The molecule has 0 spiro atoms. The molecule has 0 aromatic rings.